The van der Waals surface area contributed by atoms with Crippen LogP contribution in [-0.4, -0.2) is 42.4 Å². The highest BCUT2D eigenvalue weighted by atomic mass is 16.3. The van der Waals surface area contributed by atoms with Crippen molar-refractivity contribution < 1.29 is 10.2 Å². The summed E-state index contributed by atoms with van der Waals surface area (Å²) < 4.78 is 0. The second-order valence-corrected chi connectivity index (χ2v) is 3.94. The maximum absolute atomic E-state index is 9.22. The number of aliphatic hydroxyl groups is 2. The summed E-state index contributed by atoms with van der Waals surface area (Å²) in [6.45, 7) is -0.0114. The first-order valence-electron chi connectivity index (χ1n) is 5.13. The van der Waals surface area contributed by atoms with E-state index in [1.54, 1.807) is 0 Å². The van der Waals surface area contributed by atoms with E-state index >= 15 is 0 Å². The first kappa shape index (κ1) is 12.2. The Hall–Kier alpha value is -0.900. The minimum atomic E-state index is -0.137. The zero-order chi connectivity index (χ0) is 11.3. The second kappa shape index (κ2) is 5.85. The van der Waals surface area contributed by atoms with Gasteiger partial charge in [-0.25, -0.2) is 0 Å². The molecule has 84 valence electrons. The van der Waals surface area contributed by atoms with Gasteiger partial charge in [0.2, 0.25) is 0 Å². The Bertz CT molecular complexity index is 270. The van der Waals surface area contributed by atoms with Gasteiger partial charge in [-0.2, -0.15) is 0 Å². The van der Waals surface area contributed by atoms with Gasteiger partial charge in [0.1, 0.15) is 0 Å². The Balaban J connectivity index is 2.92. The topological polar surface area (TPSA) is 43.7 Å². The summed E-state index contributed by atoms with van der Waals surface area (Å²) in [4.78, 5) is 2.02. The first-order chi connectivity index (χ1) is 7.20. The highest BCUT2D eigenvalue weighted by Gasteiger charge is 2.23. The SMILES string of the molecule is CN(C)C(c1ccccc1)C(CO)CO. The van der Waals surface area contributed by atoms with Crippen LogP contribution < -0.4 is 0 Å². The van der Waals surface area contributed by atoms with Crippen molar-refractivity contribution in [2.45, 2.75) is 6.04 Å². The molecule has 0 aliphatic carbocycles. The molecule has 0 aliphatic heterocycles. The quantitative estimate of drug-likeness (QED) is 0.757. The molecule has 0 saturated heterocycles. The van der Waals surface area contributed by atoms with Crippen LogP contribution >= 0.6 is 0 Å². The van der Waals surface area contributed by atoms with Gasteiger partial charge in [0.05, 0.1) is 0 Å². The molecule has 0 fully saturated rings. The first-order valence-corrected chi connectivity index (χ1v) is 5.13. The van der Waals surface area contributed by atoms with Crippen molar-refractivity contribution in [1.29, 1.82) is 0 Å². The van der Waals surface area contributed by atoms with Crippen molar-refractivity contribution in [2.75, 3.05) is 27.3 Å². The molecule has 1 atom stereocenters. The van der Waals surface area contributed by atoms with Crippen LogP contribution in [0.1, 0.15) is 11.6 Å². The van der Waals surface area contributed by atoms with Crippen LogP contribution in [0.15, 0.2) is 30.3 Å². The highest BCUT2D eigenvalue weighted by molar-refractivity contribution is 5.19. The number of benzene rings is 1. The van der Waals surface area contributed by atoms with E-state index in [9.17, 15) is 10.2 Å². The zero-order valence-electron chi connectivity index (χ0n) is 9.30. The molecule has 1 unspecified atom stereocenters. The molecule has 0 radical (unpaired) electrons. The molecule has 0 bridgehead atoms. The predicted octanol–water partition coefficient (Wildman–Crippen LogP) is 0.890. The Morgan fingerprint density at radius 1 is 1.07 bits per heavy atom. The van der Waals surface area contributed by atoms with E-state index in [1.807, 2.05) is 49.3 Å². The third-order valence-corrected chi connectivity index (χ3v) is 2.61. The van der Waals surface area contributed by atoms with E-state index < -0.39 is 0 Å². The van der Waals surface area contributed by atoms with E-state index in [1.165, 1.54) is 0 Å². The molecular formula is C12H19NO2. The fraction of sp³-hybridized carbons (Fsp3) is 0.500. The van der Waals surface area contributed by atoms with Crippen LogP contribution in [0.4, 0.5) is 0 Å². The summed E-state index contributed by atoms with van der Waals surface area (Å²) in [5.41, 5.74) is 1.12. The number of hydrogen-bond acceptors (Lipinski definition) is 3. The maximum atomic E-state index is 9.22. The summed E-state index contributed by atoms with van der Waals surface area (Å²) in [5, 5.41) is 18.4. The molecule has 3 nitrogen and oxygen atoms in total. The Kier molecular flexibility index (Phi) is 4.75. The van der Waals surface area contributed by atoms with Gasteiger partial charge in [-0.05, 0) is 19.7 Å². The average molecular weight is 209 g/mol. The fourth-order valence-corrected chi connectivity index (χ4v) is 1.90. The molecule has 1 aromatic rings. The van der Waals surface area contributed by atoms with Crippen LogP contribution in [0.3, 0.4) is 0 Å². The summed E-state index contributed by atoms with van der Waals surface area (Å²) in [6.07, 6.45) is 0. The van der Waals surface area contributed by atoms with E-state index in [2.05, 4.69) is 0 Å². The van der Waals surface area contributed by atoms with Crippen molar-refractivity contribution in [1.82, 2.24) is 4.90 Å². The molecule has 0 spiro atoms. The van der Waals surface area contributed by atoms with Gasteiger partial charge in [0.25, 0.3) is 0 Å². The number of rotatable bonds is 5. The van der Waals surface area contributed by atoms with E-state index in [0.29, 0.717) is 0 Å². The van der Waals surface area contributed by atoms with Gasteiger partial charge in [-0.1, -0.05) is 30.3 Å². The van der Waals surface area contributed by atoms with E-state index in [-0.39, 0.29) is 25.2 Å². The van der Waals surface area contributed by atoms with E-state index in [4.69, 9.17) is 0 Å². The Labute approximate surface area is 91.0 Å². The monoisotopic (exact) mass is 209 g/mol. The molecule has 1 aromatic carbocycles. The third kappa shape index (κ3) is 3.02. The van der Waals surface area contributed by atoms with Gasteiger partial charge in [-0.3, -0.25) is 0 Å². The van der Waals surface area contributed by atoms with Crippen LogP contribution in [0.2, 0.25) is 0 Å². The molecule has 3 heteroatoms. The average Bonchev–Trinajstić information content (AvgIpc) is 2.26. The largest absolute Gasteiger partial charge is 0.396 e. The van der Waals surface area contributed by atoms with Crippen molar-refractivity contribution in [3.8, 4) is 0 Å². The minimum absolute atomic E-state index is 0.00571. The standard InChI is InChI=1S/C12H19NO2/c1-13(2)12(11(8-14)9-15)10-6-4-3-5-7-10/h3-7,11-12,14-15H,8-9H2,1-2H3. The molecule has 1 rings (SSSR count). The summed E-state index contributed by atoms with van der Waals surface area (Å²) in [7, 11) is 3.91. The Morgan fingerprint density at radius 3 is 2.00 bits per heavy atom. The molecular weight excluding hydrogens is 190 g/mol. The van der Waals surface area contributed by atoms with E-state index in [0.717, 1.165) is 5.56 Å². The van der Waals surface area contributed by atoms with Gasteiger partial charge < -0.3 is 15.1 Å². The molecule has 0 aliphatic rings. The fourth-order valence-electron chi connectivity index (χ4n) is 1.90. The lowest BCUT2D eigenvalue weighted by Gasteiger charge is -2.30. The lowest BCUT2D eigenvalue weighted by Crippen LogP contribution is -2.31. The predicted molar refractivity (Wildman–Crippen MR) is 60.5 cm³/mol. The molecule has 0 aromatic heterocycles. The second-order valence-electron chi connectivity index (χ2n) is 3.94. The highest BCUT2D eigenvalue weighted by Crippen LogP contribution is 2.26. The molecule has 0 amide bonds. The minimum Gasteiger partial charge on any atom is -0.396 e. The number of aliphatic hydroxyl groups excluding tert-OH is 2. The van der Waals surface area contributed by atoms with Gasteiger partial charge in [0.15, 0.2) is 0 Å². The lowest BCUT2D eigenvalue weighted by atomic mass is 9.93. The molecule has 0 heterocycles. The smallest absolute Gasteiger partial charge is 0.0499 e. The van der Waals surface area contributed by atoms with Crippen molar-refractivity contribution >= 4 is 0 Å². The van der Waals surface area contributed by atoms with Crippen molar-refractivity contribution in [2.24, 2.45) is 5.92 Å². The molecule has 2 N–H and O–H groups in total. The van der Waals surface area contributed by atoms with Crippen LogP contribution in [0.25, 0.3) is 0 Å². The van der Waals surface area contributed by atoms with Crippen molar-refractivity contribution in [3.63, 3.8) is 0 Å². The lowest BCUT2D eigenvalue weighted by molar-refractivity contribution is 0.0808. The van der Waals surface area contributed by atoms with Crippen molar-refractivity contribution in [3.05, 3.63) is 35.9 Å². The summed E-state index contributed by atoms with van der Waals surface area (Å²) >= 11 is 0. The van der Waals surface area contributed by atoms with Crippen LogP contribution in [-0.2, 0) is 0 Å². The van der Waals surface area contributed by atoms with Gasteiger partial charge >= 0.3 is 0 Å². The van der Waals surface area contributed by atoms with Gasteiger partial charge in [-0.15, -0.1) is 0 Å². The summed E-state index contributed by atoms with van der Waals surface area (Å²) in [5.74, 6) is -0.137. The number of hydrogen-bond donors (Lipinski definition) is 2. The zero-order valence-corrected chi connectivity index (χ0v) is 9.30. The molecule has 15 heavy (non-hydrogen) atoms. The summed E-state index contributed by atoms with van der Waals surface area (Å²) in [6, 6.07) is 9.99. The van der Waals surface area contributed by atoms with Crippen LogP contribution in [0.5, 0.6) is 0 Å². The normalized spacial score (nSPS) is 13.5. The number of nitrogens with zero attached hydrogens (tertiary/aromatic N) is 1. The van der Waals surface area contributed by atoms with Gasteiger partial charge in [0, 0.05) is 25.2 Å². The Morgan fingerprint density at radius 2 is 1.60 bits per heavy atom. The maximum Gasteiger partial charge on any atom is 0.0499 e. The molecule has 0 saturated carbocycles. The third-order valence-electron chi connectivity index (χ3n) is 2.61. The van der Waals surface area contributed by atoms with Crippen LogP contribution in [0, 0.1) is 5.92 Å².